The van der Waals surface area contributed by atoms with Gasteiger partial charge in [-0.2, -0.15) is 0 Å². The van der Waals surface area contributed by atoms with Gasteiger partial charge in [-0.05, 0) is 59.7 Å². The van der Waals surface area contributed by atoms with Crippen LogP contribution in [0.4, 0.5) is 11.4 Å². The molecule has 3 aromatic carbocycles. The number of hydrogen-bond acceptors (Lipinski definition) is 4. The Bertz CT molecular complexity index is 1410. The van der Waals surface area contributed by atoms with Crippen LogP contribution in [0.1, 0.15) is 10.4 Å². The summed E-state index contributed by atoms with van der Waals surface area (Å²) >= 11 is 3.89. The third kappa shape index (κ3) is 3.62. The summed E-state index contributed by atoms with van der Waals surface area (Å²) in [5.41, 5.74) is 16.4. The number of hydrogen-bond donors (Lipinski definition) is 2. The highest BCUT2D eigenvalue weighted by atomic mass is 32.2. The first kappa shape index (κ1) is 21.7. The maximum atomic E-state index is 5.96. The summed E-state index contributed by atoms with van der Waals surface area (Å²) in [6, 6.07) is 30.2. The Morgan fingerprint density at radius 1 is 0.794 bits per heavy atom. The molecule has 34 heavy (non-hydrogen) atoms. The molecule has 6 rings (SSSR count). The molecule has 0 amide bonds. The summed E-state index contributed by atoms with van der Waals surface area (Å²) in [6.45, 7) is 2.54. The van der Waals surface area contributed by atoms with Gasteiger partial charge in [0.25, 0.3) is 0 Å². The van der Waals surface area contributed by atoms with Gasteiger partial charge in [0, 0.05) is 27.2 Å². The van der Waals surface area contributed by atoms with Crippen molar-refractivity contribution in [2.24, 2.45) is 0 Å². The van der Waals surface area contributed by atoms with Crippen molar-refractivity contribution in [2.75, 3.05) is 18.1 Å². The first-order chi connectivity index (χ1) is 16.5. The zero-order valence-electron chi connectivity index (χ0n) is 18.9. The van der Waals surface area contributed by atoms with E-state index in [0.29, 0.717) is 10.9 Å². The van der Waals surface area contributed by atoms with E-state index in [-0.39, 0.29) is 0 Å². The van der Waals surface area contributed by atoms with Gasteiger partial charge in [-0.1, -0.05) is 48.5 Å². The van der Waals surface area contributed by atoms with Crippen LogP contribution in [0.5, 0.6) is 0 Å². The minimum atomic E-state index is -1.73. The van der Waals surface area contributed by atoms with Gasteiger partial charge in [-0.15, -0.1) is 23.1 Å². The molecular formula is C29H26N2PS2+. The van der Waals surface area contributed by atoms with Gasteiger partial charge in [0.2, 0.25) is 0 Å². The van der Waals surface area contributed by atoms with E-state index < -0.39 is 7.26 Å². The predicted molar refractivity (Wildman–Crippen MR) is 156 cm³/mol. The number of thiophene rings is 1. The number of anilines is 2. The van der Waals surface area contributed by atoms with Gasteiger partial charge in [0.05, 0.1) is 29.4 Å². The van der Waals surface area contributed by atoms with E-state index in [0.717, 1.165) is 11.4 Å². The molecule has 0 spiro atoms. The molecule has 4 N–H and O–H groups in total. The van der Waals surface area contributed by atoms with Crippen molar-refractivity contribution in [1.29, 1.82) is 0 Å². The monoisotopic (exact) mass is 497 g/mol. The summed E-state index contributed by atoms with van der Waals surface area (Å²) < 4.78 is 0. The highest BCUT2D eigenvalue weighted by molar-refractivity contribution is 8.10. The van der Waals surface area contributed by atoms with Gasteiger partial charge < -0.3 is 11.5 Å². The second kappa shape index (κ2) is 8.46. The Balaban J connectivity index is 1.51. The van der Waals surface area contributed by atoms with Crippen molar-refractivity contribution in [3.63, 3.8) is 0 Å². The minimum Gasteiger partial charge on any atom is -0.399 e. The zero-order valence-corrected chi connectivity index (χ0v) is 21.4. The third-order valence-corrected chi connectivity index (χ3v) is 14.1. The number of allylic oxidation sites excluding steroid dienone is 1. The molecule has 1 aromatic heterocycles. The number of nitrogens with two attached hydrogens (primary N) is 2. The first-order valence-electron chi connectivity index (χ1n) is 11.4. The normalized spacial score (nSPS) is 23.1. The molecule has 0 radical (unpaired) electrons. The largest absolute Gasteiger partial charge is 0.399 e. The number of fused-ring (bicyclic) bond motifs is 2. The van der Waals surface area contributed by atoms with Gasteiger partial charge in [-0.3, -0.25) is 0 Å². The van der Waals surface area contributed by atoms with Crippen LogP contribution in [0, 0.1) is 0 Å². The van der Waals surface area contributed by atoms with Crippen LogP contribution in [0.3, 0.4) is 0 Å². The molecule has 0 fully saturated rings. The fraction of sp³-hybridized carbons (Fsp3) is 0.103. The lowest BCUT2D eigenvalue weighted by Crippen LogP contribution is -2.32. The predicted octanol–water partition coefficient (Wildman–Crippen LogP) is 6.73. The Hall–Kier alpha value is -2.78. The van der Waals surface area contributed by atoms with Crippen LogP contribution in [-0.4, -0.2) is 17.6 Å². The fourth-order valence-electron chi connectivity index (χ4n) is 4.97. The van der Waals surface area contributed by atoms with E-state index >= 15 is 0 Å². The van der Waals surface area contributed by atoms with Crippen molar-refractivity contribution in [3.05, 3.63) is 108 Å². The van der Waals surface area contributed by atoms with Gasteiger partial charge in [-0.25, -0.2) is 0 Å². The third-order valence-electron chi connectivity index (χ3n) is 6.88. The van der Waals surface area contributed by atoms with E-state index in [9.17, 15) is 0 Å². The lowest BCUT2D eigenvalue weighted by Gasteiger charge is -2.29. The lowest BCUT2D eigenvalue weighted by molar-refractivity contribution is 1.11. The topological polar surface area (TPSA) is 52.0 Å². The molecule has 4 aromatic rings. The Labute approximate surface area is 209 Å². The Morgan fingerprint density at radius 3 is 2.12 bits per heavy atom. The zero-order chi connectivity index (χ0) is 23.3. The lowest BCUT2D eigenvalue weighted by atomic mass is 10.1. The highest BCUT2D eigenvalue weighted by Crippen LogP contribution is 2.66. The van der Waals surface area contributed by atoms with Gasteiger partial charge >= 0.3 is 0 Å². The van der Waals surface area contributed by atoms with E-state index in [2.05, 4.69) is 85.6 Å². The summed E-state index contributed by atoms with van der Waals surface area (Å²) in [7, 11) is -1.73. The molecule has 0 saturated heterocycles. The number of rotatable bonds is 3. The molecular weight excluding hydrogens is 471 g/mol. The fourth-order valence-corrected chi connectivity index (χ4v) is 12.7. The van der Waals surface area contributed by atoms with Crippen molar-refractivity contribution in [1.82, 2.24) is 0 Å². The van der Waals surface area contributed by atoms with Crippen LogP contribution in [0.25, 0.3) is 21.4 Å². The standard InChI is InChI=1S/C29H26N2PS2/c1-32(23-5-3-2-4-6-23)24-17-28(19-7-11-21(30)12-8-19)33-26(24)15-16-27-25(32)18-29(34-27)20-9-13-22(31)14-10-20/h2-18,24,26H,30-31H2,1H3/q+1. The van der Waals surface area contributed by atoms with Gasteiger partial charge in [0.1, 0.15) is 11.0 Å². The van der Waals surface area contributed by atoms with Crippen molar-refractivity contribution in [2.45, 2.75) is 10.9 Å². The molecule has 0 aliphatic carbocycles. The van der Waals surface area contributed by atoms with Crippen molar-refractivity contribution in [3.8, 4) is 10.4 Å². The maximum absolute atomic E-state index is 5.96. The Morgan fingerprint density at radius 2 is 1.44 bits per heavy atom. The molecule has 3 unspecified atom stereocenters. The number of nitrogen functional groups attached to an aromatic ring is 2. The quantitative estimate of drug-likeness (QED) is 0.244. The molecule has 3 heterocycles. The second-order valence-corrected chi connectivity index (χ2v) is 15.0. The van der Waals surface area contributed by atoms with Crippen LogP contribution in [0.2, 0.25) is 0 Å². The smallest absolute Gasteiger partial charge is 0.118 e. The highest BCUT2D eigenvalue weighted by Gasteiger charge is 2.53. The maximum Gasteiger partial charge on any atom is 0.118 e. The number of benzene rings is 3. The van der Waals surface area contributed by atoms with E-state index in [4.69, 9.17) is 11.5 Å². The molecule has 3 atom stereocenters. The Kier molecular flexibility index (Phi) is 5.41. The van der Waals surface area contributed by atoms with E-state index in [1.165, 1.54) is 36.4 Å². The van der Waals surface area contributed by atoms with Gasteiger partial charge in [0.15, 0.2) is 0 Å². The molecule has 0 bridgehead atoms. The van der Waals surface area contributed by atoms with Crippen molar-refractivity contribution >= 4 is 63.3 Å². The van der Waals surface area contributed by atoms with E-state index in [1.54, 1.807) is 0 Å². The summed E-state index contributed by atoms with van der Waals surface area (Å²) in [4.78, 5) is 4.06. The van der Waals surface area contributed by atoms with E-state index in [1.807, 2.05) is 47.4 Å². The summed E-state index contributed by atoms with van der Waals surface area (Å²) in [5.74, 6) is 0. The molecule has 0 saturated carbocycles. The average molecular weight is 498 g/mol. The first-order valence-corrected chi connectivity index (χ1v) is 15.4. The van der Waals surface area contributed by atoms with Crippen LogP contribution < -0.4 is 22.1 Å². The molecule has 2 nitrogen and oxygen atoms in total. The molecule has 2 aliphatic rings. The molecule has 168 valence electrons. The summed E-state index contributed by atoms with van der Waals surface area (Å²) in [5, 5.41) is 3.40. The number of thioether (sulfide) groups is 1. The van der Waals surface area contributed by atoms with Crippen LogP contribution in [-0.2, 0) is 0 Å². The van der Waals surface area contributed by atoms with Crippen molar-refractivity contribution < 1.29 is 0 Å². The van der Waals surface area contributed by atoms with Crippen LogP contribution >= 0.6 is 30.4 Å². The SMILES string of the molecule is C[P+]1(c2ccccc2)c2cc(-c3ccc(N)cc3)sc2C=CC2SC(c3ccc(N)cc3)=CC21. The minimum absolute atomic E-state index is 0.422. The summed E-state index contributed by atoms with van der Waals surface area (Å²) in [6.07, 6.45) is 7.35. The van der Waals surface area contributed by atoms with Crippen LogP contribution in [0.15, 0.2) is 97.1 Å². The average Bonchev–Trinajstić information content (AvgIpc) is 3.47. The second-order valence-electron chi connectivity index (χ2n) is 8.98. The molecule has 2 aliphatic heterocycles. The molecule has 5 heteroatoms.